The number of nitrogens with one attached hydrogen (secondary N) is 2. The molecule has 3 N–H and O–H groups in total. The summed E-state index contributed by atoms with van der Waals surface area (Å²) >= 11 is 11.8. The van der Waals surface area contributed by atoms with Gasteiger partial charge in [0.15, 0.2) is 0 Å². The second-order valence-corrected chi connectivity index (χ2v) is 4.81. The molecule has 0 aliphatic rings. The van der Waals surface area contributed by atoms with Crippen LogP contribution < -0.4 is 10.6 Å². The smallest absolute Gasteiger partial charge is 0.0636 e. The molecule has 0 aliphatic heterocycles. The largest absolute Gasteiger partial charge is 0.392 e. The van der Waals surface area contributed by atoms with Crippen molar-refractivity contribution in [3.05, 3.63) is 33.8 Å². The van der Waals surface area contributed by atoms with Gasteiger partial charge >= 0.3 is 0 Å². The van der Waals surface area contributed by atoms with Crippen LogP contribution in [0.3, 0.4) is 0 Å². The molecule has 3 nitrogen and oxygen atoms in total. The molecule has 0 spiro atoms. The van der Waals surface area contributed by atoms with Crippen LogP contribution >= 0.6 is 23.2 Å². The number of halogens is 2. The first-order valence-electron chi connectivity index (χ1n) is 5.63. The van der Waals surface area contributed by atoms with E-state index in [0.717, 1.165) is 18.7 Å². The summed E-state index contributed by atoms with van der Waals surface area (Å²) in [6.07, 6.45) is -0.305. The molecular formula is C12H18Cl2N2O. The maximum absolute atomic E-state index is 9.04. The van der Waals surface area contributed by atoms with Crippen LogP contribution in [0, 0.1) is 0 Å². The molecule has 0 heterocycles. The Morgan fingerprint density at radius 3 is 2.59 bits per heavy atom. The van der Waals surface area contributed by atoms with Gasteiger partial charge in [0, 0.05) is 36.2 Å². The van der Waals surface area contributed by atoms with Crippen LogP contribution in [-0.2, 0) is 6.54 Å². The van der Waals surface area contributed by atoms with Gasteiger partial charge in [0.2, 0.25) is 0 Å². The van der Waals surface area contributed by atoms with Crippen LogP contribution in [-0.4, -0.2) is 30.8 Å². The van der Waals surface area contributed by atoms with Gasteiger partial charge in [-0.1, -0.05) is 29.3 Å². The number of hydrogen-bond donors (Lipinski definition) is 3. The Bertz CT molecular complexity index is 345. The lowest BCUT2D eigenvalue weighted by atomic mass is 10.2. The minimum atomic E-state index is -0.305. The normalized spacial score (nSPS) is 12.7. The van der Waals surface area contributed by atoms with Crippen molar-refractivity contribution in [3.63, 3.8) is 0 Å². The van der Waals surface area contributed by atoms with Crippen molar-refractivity contribution in [1.29, 1.82) is 0 Å². The Labute approximate surface area is 112 Å². The highest BCUT2D eigenvalue weighted by Gasteiger charge is 2.00. The van der Waals surface area contributed by atoms with Gasteiger partial charge in [0.25, 0.3) is 0 Å². The van der Waals surface area contributed by atoms with E-state index in [9.17, 15) is 0 Å². The van der Waals surface area contributed by atoms with Crippen LogP contribution in [0.1, 0.15) is 12.5 Å². The Morgan fingerprint density at radius 2 is 1.94 bits per heavy atom. The van der Waals surface area contributed by atoms with Crippen LogP contribution in [0.15, 0.2) is 18.2 Å². The maximum Gasteiger partial charge on any atom is 0.0636 e. The molecule has 1 aromatic rings. The van der Waals surface area contributed by atoms with E-state index < -0.39 is 0 Å². The molecule has 0 saturated heterocycles. The highest BCUT2D eigenvalue weighted by Crippen LogP contribution is 2.20. The first kappa shape index (κ1) is 14.7. The van der Waals surface area contributed by atoms with Crippen molar-refractivity contribution >= 4 is 23.2 Å². The van der Waals surface area contributed by atoms with Crippen LogP contribution in [0.25, 0.3) is 0 Å². The first-order valence-corrected chi connectivity index (χ1v) is 6.38. The lowest BCUT2D eigenvalue weighted by molar-refractivity contribution is 0.191. The second-order valence-electron chi connectivity index (χ2n) is 3.97. The maximum atomic E-state index is 9.04. The zero-order valence-electron chi connectivity index (χ0n) is 9.84. The SMILES string of the molecule is C[C@@H](O)CNCCNCc1ccc(Cl)cc1Cl. The summed E-state index contributed by atoms with van der Waals surface area (Å²) in [5, 5.41) is 16.8. The van der Waals surface area contributed by atoms with Crippen LogP contribution in [0.5, 0.6) is 0 Å². The summed E-state index contributed by atoms with van der Waals surface area (Å²) in [6.45, 7) is 4.73. The molecular weight excluding hydrogens is 259 g/mol. The van der Waals surface area contributed by atoms with Gasteiger partial charge in [0.1, 0.15) is 0 Å². The molecule has 0 aromatic heterocycles. The molecule has 0 saturated carbocycles. The molecule has 0 amide bonds. The Morgan fingerprint density at radius 1 is 1.24 bits per heavy atom. The van der Waals surface area contributed by atoms with E-state index in [-0.39, 0.29) is 6.10 Å². The molecule has 17 heavy (non-hydrogen) atoms. The second kappa shape index (κ2) is 7.90. The third-order valence-corrected chi connectivity index (χ3v) is 2.84. The summed E-state index contributed by atoms with van der Waals surface area (Å²) in [7, 11) is 0. The molecule has 0 bridgehead atoms. The number of aliphatic hydroxyl groups is 1. The minimum absolute atomic E-state index is 0.305. The third kappa shape index (κ3) is 6.24. The summed E-state index contributed by atoms with van der Waals surface area (Å²) in [4.78, 5) is 0. The summed E-state index contributed by atoms with van der Waals surface area (Å²) in [6, 6.07) is 5.49. The molecule has 1 rings (SSSR count). The van der Waals surface area contributed by atoms with Gasteiger partial charge < -0.3 is 15.7 Å². The summed E-state index contributed by atoms with van der Waals surface area (Å²) in [5.41, 5.74) is 1.03. The van der Waals surface area contributed by atoms with Crippen molar-refractivity contribution in [3.8, 4) is 0 Å². The van der Waals surface area contributed by atoms with Crippen molar-refractivity contribution < 1.29 is 5.11 Å². The first-order chi connectivity index (χ1) is 8.09. The molecule has 96 valence electrons. The quantitative estimate of drug-likeness (QED) is 0.668. The van der Waals surface area contributed by atoms with E-state index in [1.165, 1.54) is 0 Å². The molecule has 0 unspecified atom stereocenters. The van der Waals surface area contributed by atoms with E-state index in [4.69, 9.17) is 28.3 Å². The van der Waals surface area contributed by atoms with Gasteiger partial charge in [-0.15, -0.1) is 0 Å². The molecule has 0 radical (unpaired) electrons. The van der Waals surface area contributed by atoms with Crippen LogP contribution in [0.2, 0.25) is 10.0 Å². The molecule has 0 aliphatic carbocycles. The fourth-order valence-electron chi connectivity index (χ4n) is 1.38. The van der Waals surface area contributed by atoms with Gasteiger partial charge in [-0.2, -0.15) is 0 Å². The molecule has 5 heteroatoms. The predicted octanol–water partition coefficient (Wildman–Crippen LogP) is 2.05. The van der Waals surface area contributed by atoms with Gasteiger partial charge in [-0.25, -0.2) is 0 Å². The van der Waals surface area contributed by atoms with Gasteiger partial charge in [0.05, 0.1) is 6.10 Å². The number of hydrogen-bond acceptors (Lipinski definition) is 3. The fraction of sp³-hybridized carbons (Fsp3) is 0.500. The van der Waals surface area contributed by atoms with Crippen molar-refractivity contribution in [2.24, 2.45) is 0 Å². The average molecular weight is 277 g/mol. The summed E-state index contributed by atoms with van der Waals surface area (Å²) < 4.78 is 0. The fourth-order valence-corrected chi connectivity index (χ4v) is 1.85. The number of rotatable bonds is 7. The van der Waals surface area contributed by atoms with Crippen LogP contribution in [0.4, 0.5) is 0 Å². The van der Waals surface area contributed by atoms with Gasteiger partial charge in [-0.3, -0.25) is 0 Å². The van der Waals surface area contributed by atoms with E-state index in [2.05, 4.69) is 10.6 Å². The number of benzene rings is 1. The van der Waals surface area contributed by atoms with Crippen molar-refractivity contribution in [2.45, 2.75) is 19.6 Å². The predicted molar refractivity (Wildman–Crippen MR) is 72.7 cm³/mol. The molecule has 0 fully saturated rings. The van der Waals surface area contributed by atoms with Crippen molar-refractivity contribution in [1.82, 2.24) is 10.6 Å². The minimum Gasteiger partial charge on any atom is -0.392 e. The Balaban J connectivity index is 2.18. The zero-order valence-corrected chi connectivity index (χ0v) is 11.4. The standard InChI is InChI=1S/C12H18Cl2N2O/c1-9(17)7-15-4-5-16-8-10-2-3-11(13)6-12(10)14/h2-3,6,9,15-17H,4-5,7-8H2,1H3/t9-/m1/s1. The Hall–Kier alpha value is -0.320. The van der Waals surface area contributed by atoms with E-state index in [1.807, 2.05) is 12.1 Å². The number of aliphatic hydroxyl groups excluding tert-OH is 1. The topological polar surface area (TPSA) is 44.3 Å². The third-order valence-electron chi connectivity index (χ3n) is 2.25. The van der Waals surface area contributed by atoms with Crippen molar-refractivity contribution in [2.75, 3.05) is 19.6 Å². The highest BCUT2D eigenvalue weighted by molar-refractivity contribution is 6.35. The monoisotopic (exact) mass is 276 g/mol. The molecule has 1 aromatic carbocycles. The average Bonchev–Trinajstić information content (AvgIpc) is 2.25. The van der Waals surface area contributed by atoms with E-state index in [0.29, 0.717) is 23.1 Å². The van der Waals surface area contributed by atoms with Gasteiger partial charge in [-0.05, 0) is 24.6 Å². The zero-order chi connectivity index (χ0) is 12.7. The van der Waals surface area contributed by atoms with E-state index >= 15 is 0 Å². The summed E-state index contributed by atoms with van der Waals surface area (Å²) in [5.74, 6) is 0. The lowest BCUT2D eigenvalue weighted by Crippen LogP contribution is -2.31. The molecule has 1 atom stereocenters. The lowest BCUT2D eigenvalue weighted by Gasteiger charge is -2.09. The highest BCUT2D eigenvalue weighted by atomic mass is 35.5. The van der Waals surface area contributed by atoms with E-state index in [1.54, 1.807) is 13.0 Å². The Kier molecular flexibility index (Phi) is 6.85.